The zero-order chi connectivity index (χ0) is 15.3. The second-order valence-corrected chi connectivity index (χ2v) is 7.50. The number of halogens is 3. The third-order valence-electron chi connectivity index (χ3n) is 2.24. The number of hydrogen-bond donors (Lipinski definition) is 0. The molecule has 0 aromatic heterocycles. The number of nitrogens with zero attached hydrogens (tertiary/aromatic N) is 1. The van der Waals surface area contributed by atoms with Gasteiger partial charge in [-0.2, -0.15) is 0 Å². The van der Waals surface area contributed by atoms with Crippen molar-refractivity contribution in [1.82, 2.24) is 0 Å². The zero-order valence-electron chi connectivity index (χ0n) is 10.0. The molecule has 1 aromatic rings. The summed E-state index contributed by atoms with van der Waals surface area (Å²) in [5.41, 5.74) is -0.302. The topological polar surface area (TPSA) is 86.5 Å². The zero-order valence-corrected chi connectivity index (χ0v) is 13.1. The SMILES string of the molecule is O=[N+]([O-])c1cc(Cl)c(Cl)cc1OCCCCS(=O)(=O)Cl. The first-order chi connectivity index (χ1) is 9.20. The fourth-order valence-corrected chi connectivity index (χ4v) is 2.52. The molecule has 0 N–H and O–H groups in total. The normalized spacial score (nSPS) is 11.3. The summed E-state index contributed by atoms with van der Waals surface area (Å²) in [5.74, 6) is -0.195. The molecule has 0 aliphatic carbocycles. The number of nitro groups is 1. The van der Waals surface area contributed by atoms with Crippen LogP contribution in [0.3, 0.4) is 0 Å². The largest absolute Gasteiger partial charge is 0.487 e. The van der Waals surface area contributed by atoms with Crippen molar-refractivity contribution in [2.24, 2.45) is 0 Å². The molecule has 0 aliphatic rings. The van der Waals surface area contributed by atoms with Gasteiger partial charge in [0.2, 0.25) is 9.05 Å². The van der Waals surface area contributed by atoms with Crippen LogP contribution < -0.4 is 4.74 Å². The summed E-state index contributed by atoms with van der Waals surface area (Å²) in [6.45, 7) is 0.102. The minimum absolute atomic E-state index is 0.0156. The van der Waals surface area contributed by atoms with E-state index in [1.54, 1.807) is 0 Å². The average molecular weight is 363 g/mol. The molecule has 112 valence electrons. The maximum atomic E-state index is 10.8. The Morgan fingerprint density at radius 2 is 1.80 bits per heavy atom. The number of nitro benzene ring substituents is 1. The van der Waals surface area contributed by atoms with Crippen LogP contribution in [0.1, 0.15) is 12.8 Å². The molecule has 0 spiro atoms. The van der Waals surface area contributed by atoms with E-state index in [0.717, 1.165) is 6.07 Å². The molecular weight excluding hydrogens is 353 g/mol. The van der Waals surface area contributed by atoms with Gasteiger partial charge >= 0.3 is 5.69 Å². The number of ether oxygens (including phenoxy) is 1. The molecule has 0 bridgehead atoms. The molecule has 1 aromatic carbocycles. The molecule has 0 radical (unpaired) electrons. The molecule has 0 unspecified atom stereocenters. The third kappa shape index (κ3) is 5.70. The van der Waals surface area contributed by atoms with E-state index in [4.69, 9.17) is 38.6 Å². The highest BCUT2D eigenvalue weighted by Crippen LogP contribution is 2.35. The second kappa shape index (κ2) is 7.31. The molecular formula is C10H10Cl3NO5S. The number of benzene rings is 1. The Hall–Kier alpha value is -0.760. The lowest BCUT2D eigenvalue weighted by molar-refractivity contribution is -0.385. The van der Waals surface area contributed by atoms with Gasteiger partial charge in [-0.25, -0.2) is 8.42 Å². The van der Waals surface area contributed by atoms with Crippen LogP contribution in [0.5, 0.6) is 5.75 Å². The molecule has 10 heteroatoms. The Morgan fingerprint density at radius 3 is 2.35 bits per heavy atom. The lowest BCUT2D eigenvalue weighted by atomic mass is 10.3. The first kappa shape index (κ1) is 17.3. The first-order valence-corrected chi connectivity index (χ1v) is 8.62. The van der Waals surface area contributed by atoms with Gasteiger partial charge in [-0.3, -0.25) is 10.1 Å². The van der Waals surface area contributed by atoms with Crippen molar-refractivity contribution in [3.63, 3.8) is 0 Å². The van der Waals surface area contributed by atoms with E-state index in [2.05, 4.69) is 0 Å². The maximum absolute atomic E-state index is 10.8. The molecule has 6 nitrogen and oxygen atoms in total. The van der Waals surface area contributed by atoms with Crippen molar-refractivity contribution in [2.75, 3.05) is 12.4 Å². The molecule has 0 atom stereocenters. The van der Waals surface area contributed by atoms with Gasteiger partial charge in [0.1, 0.15) is 0 Å². The highest BCUT2D eigenvalue weighted by atomic mass is 35.7. The van der Waals surface area contributed by atoms with Crippen molar-refractivity contribution in [2.45, 2.75) is 12.8 Å². The fourth-order valence-electron chi connectivity index (χ4n) is 1.34. The molecule has 0 heterocycles. The van der Waals surface area contributed by atoms with Crippen LogP contribution in [-0.4, -0.2) is 25.7 Å². The molecule has 20 heavy (non-hydrogen) atoms. The quantitative estimate of drug-likeness (QED) is 0.320. The van der Waals surface area contributed by atoms with E-state index >= 15 is 0 Å². The molecule has 0 saturated carbocycles. The minimum Gasteiger partial charge on any atom is -0.487 e. The van der Waals surface area contributed by atoms with E-state index in [1.165, 1.54) is 6.07 Å². The Morgan fingerprint density at radius 1 is 1.20 bits per heavy atom. The van der Waals surface area contributed by atoms with Crippen molar-refractivity contribution in [3.05, 3.63) is 32.3 Å². The van der Waals surface area contributed by atoms with E-state index in [-0.39, 0.29) is 33.8 Å². The predicted molar refractivity (Wildman–Crippen MR) is 77.5 cm³/mol. The first-order valence-electron chi connectivity index (χ1n) is 5.39. The van der Waals surface area contributed by atoms with Gasteiger partial charge in [0.25, 0.3) is 0 Å². The van der Waals surface area contributed by atoms with Crippen LogP contribution >= 0.6 is 33.9 Å². The van der Waals surface area contributed by atoms with Gasteiger partial charge in [0, 0.05) is 22.8 Å². The van der Waals surface area contributed by atoms with Crippen LogP contribution in [0.2, 0.25) is 10.0 Å². The summed E-state index contributed by atoms with van der Waals surface area (Å²) in [4.78, 5) is 10.2. The fraction of sp³-hybridized carbons (Fsp3) is 0.400. The van der Waals surface area contributed by atoms with Gasteiger partial charge in [0.15, 0.2) is 5.75 Å². The highest BCUT2D eigenvalue weighted by Gasteiger charge is 2.18. The monoisotopic (exact) mass is 361 g/mol. The second-order valence-electron chi connectivity index (χ2n) is 3.79. The maximum Gasteiger partial charge on any atom is 0.312 e. The van der Waals surface area contributed by atoms with Gasteiger partial charge in [0.05, 0.1) is 27.3 Å². The summed E-state index contributed by atoms with van der Waals surface area (Å²) >= 11 is 11.4. The number of rotatable bonds is 7. The predicted octanol–water partition coefficient (Wildman–Crippen LogP) is 3.63. The van der Waals surface area contributed by atoms with Crippen LogP contribution in [0.4, 0.5) is 5.69 Å². The molecule has 0 fully saturated rings. The van der Waals surface area contributed by atoms with Gasteiger partial charge in [-0.1, -0.05) is 23.2 Å². The van der Waals surface area contributed by atoms with E-state index in [0.29, 0.717) is 12.8 Å². The Labute approximate surface area is 130 Å². The third-order valence-corrected chi connectivity index (χ3v) is 4.20. The van der Waals surface area contributed by atoms with Gasteiger partial charge < -0.3 is 4.74 Å². The standard InChI is InChI=1S/C10H10Cl3NO5S/c11-7-5-9(14(15)16)10(6-8(7)12)19-3-1-2-4-20(13,17)18/h5-6H,1-4H2. The Balaban J connectivity index is 2.64. The summed E-state index contributed by atoms with van der Waals surface area (Å²) in [6.07, 6.45) is 0.671. The van der Waals surface area contributed by atoms with Crippen molar-refractivity contribution in [3.8, 4) is 5.75 Å². The van der Waals surface area contributed by atoms with E-state index < -0.39 is 14.0 Å². The molecule has 1 rings (SSSR count). The van der Waals surface area contributed by atoms with E-state index in [9.17, 15) is 18.5 Å². The van der Waals surface area contributed by atoms with Crippen molar-refractivity contribution >= 4 is 48.6 Å². The van der Waals surface area contributed by atoms with Crippen LogP contribution in [-0.2, 0) is 9.05 Å². The Kier molecular flexibility index (Phi) is 6.32. The lowest BCUT2D eigenvalue weighted by Crippen LogP contribution is -2.04. The highest BCUT2D eigenvalue weighted by molar-refractivity contribution is 8.13. The van der Waals surface area contributed by atoms with Gasteiger partial charge in [-0.15, -0.1) is 0 Å². The van der Waals surface area contributed by atoms with Crippen LogP contribution in [0, 0.1) is 10.1 Å². The summed E-state index contributed by atoms with van der Waals surface area (Å²) in [5, 5.41) is 11.0. The van der Waals surface area contributed by atoms with Crippen molar-refractivity contribution in [1.29, 1.82) is 0 Å². The molecule has 0 aliphatic heterocycles. The smallest absolute Gasteiger partial charge is 0.312 e. The minimum atomic E-state index is -3.53. The molecule has 0 saturated heterocycles. The van der Waals surface area contributed by atoms with Crippen LogP contribution in [0.15, 0.2) is 12.1 Å². The lowest BCUT2D eigenvalue weighted by Gasteiger charge is -2.07. The van der Waals surface area contributed by atoms with Crippen molar-refractivity contribution < 1.29 is 18.1 Å². The molecule has 0 amide bonds. The summed E-state index contributed by atoms with van der Waals surface area (Å²) in [7, 11) is 1.51. The Bertz CT molecular complexity index is 605. The number of hydrogen-bond acceptors (Lipinski definition) is 5. The van der Waals surface area contributed by atoms with Crippen LogP contribution in [0.25, 0.3) is 0 Å². The average Bonchev–Trinajstić information content (AvgIpc) is 2.31. The summed E-state index contributed by atoms with van der Waals surface area (Å²) in [6, 6.07) is 2.35. The number of unbranched alkanes of at least 4 members (excludes halogenated alkanes) is 1. The summed E-state index contributed by atoms with van der Waals surface area (Å²) < 4.78 is 26.6. The van der Waals surface area contributed by atoms with Gasteiger partial charge in [-0.05, 0) is 12.8 Å². The van der Waals surface area contributed by atoms with E-state index in [1.807, 2.05) is 0 Å².